The number of nitrogen functional groups attached to an aromatic ring is 1. The molecule has 2 N–H and O–H groups in total. The van der Waals surface area contributed by atoms with Crippen molar-refractivity contribution in [3.63, 3.8) is 0 Å². The topological polar surface area (TPSA) is 64.9 Å². The van der Waals surface area contributed by atoms with Crippen LogP contribution in [0.25, 0.3) is 11.5 Å². The molecule has 0 aliphatic heterocycles. The van der Waals surface area contributed by atoms with Crippen molar-refractivity contribution in [3.8, 4) is 11.5 Å². The van der Waals surface area contributed by atoms with E-state index in [9.17, 15) is 0 Å². The molecule has 13 heavy (non-hydrogen) atoms. The van der Waals surface area contributed by atoms with Crippen LogP contribution in [0.4, 0.5) is 5.69 Å². The number of nitrogens with zero attached hydrogens (tertiary/aromatic N) is 2. The van der Waals surface area contributed by atoms with Gasteiger partial charge >= 0.3 is 0 Å². The summed E-state index contributed by atoms with van der Waals surface area (Å²) in [5.41, 5.74) is 7.97. The van der Waals surface area contributed by atoms with Gasteiger partial charge in [0, 0.05) is 6.20 Å². The zero-order chi connectivity index (χ0) is 9.26. The van der Waals surface area contributed by atoms with Crippen LogP contribution >= 0.6 is 0 Å². The highest BCUT2D eigenvalue weighted by atomic mass is 16.5. The molecule has 0 unspecified atom stereocenters. The zero-order valence-corrected chi connectivity index (χ0v) is 7.19. The molecule has 66 valence electrons. The van der Waals surface area contributed by atoms with Crippen molar-refractivity contribution in [1.29, 1.82) is 0 Å². The van der Waals surface area contributed by atoms with E-state index in [1.165, 1.54) is 6.20 Å². The third-order valence-corrected chi connectivity index (χ3v) is 1.75. The van der Waals surface area contributed by atoms with E-state index in [-0.39, 0.29) is 0 Å². The fraction of sp³-hybridized carbons (Fsp3) is 0.111. The van der Waals surface area contributed by atoms with Gasteiger partial charge in [-0.15, -0.1) is 0 Å². The Morgan fingerprint density at radius 2 is 2.31 bits per heavy atom. The van der Waals surface area contributed by atoms with Crippen LogP contribution in [-0.2, 0) is 0 Å². The predicted octanol–water partition coefficient (Wildman–Crippen LogP) is 1.63. The van der Waals surface area contributed by atoms with Crippen molar-refractivity contribution in [2.45, 2.75) is 6.92 Å². The fourth-order valence-electron chi connectivity index (χ4n) is 1.10. The Bertz CT molecular complexity index is 422. The van der Waals surface area contributed by atoms with Gasteiger partial charge in [-0.25, -0.2) is 0 Å². The quantitative estimate of drug-likeness (QED) is 0.715. The van der Waals surface area contributed by atoms with Gasteiger partial charge in [0.25, 0.3) is 0 Å². The molecule has 0 atom stereocenters. The smallest absolute Gasteiger partial charge is 0.208 e. The first-order chi connectivity index (χ1) is 6.27. The average Bonchev–Trinajstić information content (AvgIpc) is 2.51. The van der Waals surface area contributed by atoms with Crippen LogP contribution in [0.15, 0.2) is 29.0 Å². The second-order valence-corrected chi connectivity index (χ2v) is 2.83. The summed E-state index contributed by atoms with van der Waals surface area (Å²) in [5.74, 6) is 0.531. The lowest BCUT2D eigenvalue weighted by molar-refractivity contribution is 0.431. The molecular formula is C9H9N3O. The van der Waals surface area contributed by atoms with Crippen molar-refractivity contribution >= 4 is 5.69 Å². The van der Waals surface area contributed by atoms with E-state index >= 15 is 0 Å². The normalized spacial score (nSPS) is 10.2. The maximum Gasteiger partial charge on any atom is 0.208 e. The highest BCUT2D eigenvalue weighted by Crippen LogP contribution is 2.23. The van der Waals surface area contributed by atoms with E-state index in [0.717, 1.165) is 11.3 Å². The maximum atomic E-state index is 5.63. The molecule has 0 bridgehead atoms. The second-order valence-electron chi connectivity index (χ2n) is 2.83. The van der Waals surface area contributed by atoms with Crippen molar-refractivity contribution in [3.05, 3.63) is 30.1 Å². The Kier molecular flexibility index (Phi) is 1.73. The van der Waals surface area contributed by atoms with Gasteiger partial charge in [0.2, 0.25) is 5.76 Å². The van der Waals surface area contributed by atoms with E-state index in [1.54, 1.807) is 6.20 Å². The Hall–Kier alpha value is -1.84. The summed E-state index contributed by atoms with van der Waals surface area (Å²) in [5, 5.41) is 3.59. The summed E-state index contributed by atoms with van der Waals surface area (Å²) in [6.07, 6.45) is 3.19. The third-order valence-electron chi connectivity index (χ3n) is 1.75. The van der Waals surface area contributed by atoms with Gasteiger partial charge in [0.1, 0.15) is 11.4 Å². The van der Waals surface area contributed by atoms with Gasteiger partial charge in [-0.05, 0) is 24.6 Å². The molecule has 0 radical (unpaired) electrons. The number of rotatable bonds is 1. The number of hydrogen-bond donors (Lipinski definition) is 1. The first-order valence-electron chi connectivity index (χ1n) is 3.90. The van der Waals surface area contributed by atoms with Gasteiger partial charge in [-0.3, -0.25) is 4.98 Å². The van der Waals surface area contributed by atoms with Gasteiger partial charge in [-0.1, -0.05) is 5.16 Å². The lowest BCUT2D eigenvalue weighted by atomic mass is 10.2. The molecule has 0 fully saturated rings. The molecule has 2 aromatic heterocycles. The van der Waals surface area contributed by atoms with Crippen LogP contribution in [0.1, 0.15) is 5.56 Å². The van der Waals surface area contributed by atoms with E-state index in [2.05, 4.69) is 10.1 Å². The van der Waals surface area contributed by atoms with Crippen LogP contribution in [-0.4, -0.2) is 10.1 Å². The Morgan fingerprint density at radius 1 is 1.46 bits per heavy atom. The first-order valence-corrected chi connectivity index (χ1v) is 3.90. The van der Waals surface area contributed by atoms with Crippen molar-refractivity contribution in [2.24, 2.45) is 0 Å². The minimum absolute atomic E-state index is 0.512. The van der Waals surface area contributed by atoms with Crippen LogP contribution in [0.5, 0.6) is 0 Å². The number of aryl methyl sites for hydroxylation is 1. The molecule has 0 saturated carbocycles. The molecule has 2 aromatic rings. The van der Waals surface area contributed by atoms with Crippen molar-refractivity contribution in [1.82, 2.24) is 10.1 Å². The standard InChI is InChI=1S/C9H9N3O/c1-6-2-3-11-8(4-6)9-7(10)5-12-13-9/h2-5H,10H2,1H3. The number of aromatic nitrogens is 2. The molecule has 2 rings (SSSR count). The third kappa shape index (κ3) is 1.38. The van der Waals surface area contributed by atoms with E-state index < -0.39 is 0 Å². The van der Waals surface area contributed by atoms with E-state index in [1.807, 2.05) is 19.1 Å². The number of anilines is 1. The van der Waals surface area contributed by atoms with E-state index in [4.69, 9.17) is 10.3 Å². The molecule has 0 saturated heterocycles. The number of nitrogens with two attached hydrogens (primary N) is 1. The molecule has 0 spiro atoms. The van der Waals surface area contributed by atoms with E-state index in [0.29, 0.717) is 11.4 Å². The molecule has 4 heteroatoms. The molecule has 2 heterocycles. The van der Waals surface area contributed by atoms with Crippen LogP contribution < -0.4 is 5.73 Å². The summed E-state index contributed by atoms with van der Waals surface area (Å²) < 4.78 is 4.97. The predicted molar refractivity (Wildman–Crippen MR) is 48.9 cm³/mol. The van der Waals surface area contributed by atoms with Gasteiger partial charge in [0.05, 0.1) is 6.20 Å². The highest BCUT2D eigenvalue weighted by Gasteiger charge is 2.08. The summed E-state index contributed by atoms with van der Waals surface area (Å²) in [6.45, 7) is 1.98. The lowest BCUT2D eigenvalue weighted by Gasteiger charge is -1.96. The summed E-state index contributed by atoms with van der Waals surface area (Å²) in [4.78, 5) is 4.13. The summed E-state index contributed by atoms with van der Waals surface area (Å²) in [6, 6.07) is 3.81. The van der Waals surface area contributed by atoms with Gasteiger partial charge in [-0.2, -0.15) is 0 Å². The SMILES string of the molecule is Cc1ccnc(-c2oncc2N)c1. The Morgan fingerprint density at radius 3 is 2.92 bits per heavy atom. The summed E-state index contributed by atoms with van der Waals surface area (Å²) >= 11 is 0. The van der Waals surface area contributed by atoms with Gasteiger partial charge in [0.15, 0.2) is 0 Å². The number of hydrogen-bond acceptors (Lipinski definition) is 4. The van der Waals surface area contributed by atoms with Crippen LogP contribution in [0.2, 0.25) is 0 Å². The lowest BCUT2D eigenvalue weighted by Crippen LogP contribution is -1.87. The molecule has 0 aromatic carbocycles. The Labute approximate surface area is 75.4 Å². The van der Waals surface area contributed by atoms with Gasteiger partial charge < -0.3 is 10.3 Å². The molecular weight excluding hydrogens is 166 g/mol. The van der Waals surface area contributed by atoms with Crippen molar-refractivity contribution < 1.29 is 4.52 Å². The Balaban J connectivity index is 2.53. The first kappa shape index (κ1) is 7.79. The van der Waals surface area contributed by atoms with Crippen LogP contribution in [0.3, 0.4) is 0 Å². The maximum absolute atomic E-state index is 5.63. The summed E-state index contributed by atoms with van der Waals surface area (Å²) in [7, 11) is 0. The monoisotopic (exact) mass is 175 g/mol. The largest absolute Gasteiger partial charge is 0.394 e. The fourth-order valence-corrected chi connectivity index (χ4v) is 1.10. The molecule has 0 aliphatic carbocycles. The average molecular weight is 175 g/mol. The highest BCUT2D eigenvalue weighted by molar-refractivity contribution is 5.66. The minimum atomic E-state index is 0.512. The second kappa shape index (κ2) is 2.90. The molecule has 4 nitrogen and oxygen atoms in total. The minimum Gasteiger partial charge on any atom is -0.394 e. The van der Waals surface area contributed by atoms with Crippen LogP contribution in [0, 0.1) is 6.92 Å². The van der Waals surface area contributed by atoms with Crippen molar-refractivity contribution in [2.75, 3.05) is 5.73 Å². The zero-order valence-electron chi connectivity index (χ0n) is 7.19. The number of pyridine rings is 1. The molecule has 0 aliphatic rings. The molecule has 0 amide bonds.